The molecular formula is C78H64Br4Cl4F6I2N20O8. The summed E-state index contributed by atoms with van der Waals surface area (Å²) in [5.41, 5.74) is 1.70. The summed E-state index contributed by atoms with van der Waals surface area (Å²) in [5.74, 6) is -3.90. The lowest BCUT2D eigenvalue weighted by molar-refractivity contribution is -0.142. The van der Waals surface area contributed by atoms with Gasteiger partial charge in [-0.15, -0.1) is 0 Å². The van der Waals surface area contributed by atoms with E-state index >= 15 is 0 Å². The van der Waals surface area contributed by atoms with Gasteiger partial charge in [0.05, 0.1) is 65.1 Å². The minimum absolute atomic E-state index is 0.00451. The van der Waals surface area contributed by atoms with Crippen LogP contribution >= 0.6 is 155 Å². The van der Waals surface area contributed by atoms with E-state index in [1.165, 1.54) is 60.1 Å². The van der Waals surface area contributed by atoms with Crippen LogP contribution in [-0.4, -0.2) is 132 Å². The monoisotopic (exact) mass is 2230 g/mol. The number of pyridine rings is 4. The predicted octanol–water partition coefficient (Wildman–Crippen LogP) is 19.2. The SMILES string of the molecule is CNC(=O)c1cc(Br)cc(C)c1NC(=O)c1cc(Br)nn1-c1ncccc1Cl.CNC(=O)c1cc(I)cc(C)c1NC(=O)c1cc(C(F)(F)F)nn1-c1ncccc1Cl.Cc1cc(Br)cc(C(=O)NC(C)C)c1NC(=O)c1cc(Br)nn1-c1ncccc1Cl.Cc1cc(I)cc(C(=O)NC(C)C)c1NC(=O)c1cc(C(F)(F)F)nn1-c1ncccc1Cl. The van der Waals surface area contributed by atoms with Gasteiger partial charge in [-0.25, -0.2) is 38.7 Å². The zero-order valence-corrected chi connectivity index (χ0v) is 78.4. The van der Waals surface area contributed by atoms with Crippen LogP contribution in [0.15, 0.2) is 164 Å². The molecule has 0 unspecified atom stereocenters. The lowest BCUT2D eigenvalue weighted by atomic mass is 10.1. The first-order valence-corrected chi connectivity index (χ1v) is 42.0. The van der Waals surface area contributed by atoms with Crippen molar-refractivity contribution in [2.24, 2.45) is 0 Å². The smallest absolute Gasteiger partial charge is 0.355 e. The number of benzene rings is 4. The lowest BCUT2D eigenvalue weighted by Crippen LogP contribution is -2.31. The molecule has 8 aromatic heterocycles. The van der Waals surface area contributed by atoms with E-state index in [2.05, 4.69) is 147 Å². The minimum atomic E-state index is -4.80. The van der Waals surface area contributed by atoms with Crippen LogP contribution in [0, 0.1) is 34.8 Å². The minimum Gasteiger partial charge on any atom is -0.355 e. The van der Waals surface area contributed by atoms with Crippen LogP contribution in [0.25, 0.3) is 23.3 Å². The highest BCUT2D eigenvalue weighted by atomic mass is 127. The van der Waals surface area contributed by atoms with Crippen molar-refractivity contribution < 1.29 is 64.7 Å². The van der Waals surface area contributed by atoms with Crippen molar-refractivity contribution in [1.29, 1.82) is 0 Å². The van der Waals surface area contributed by atoms with Gasteiger partial charge in [0.15, 0.2) is 34.7 Å². The second-order valence-corrected chi connectivity index (χ2v) is 33.8. The number of aryl methyl sites for hydroxylation is 4. The number of nitrogens with zero attached hydrogens (tertiary/aromatic N) is 12. The Morgan fingerprint density at radius 2 is 0.623 bits per heavy atom. The van der Waals surface area contributed by atoms with E-state index in [4.69, 9.17) is 46.4 Å². The van der Waals surface area contributed by atoms with E-state index in [0.29, 0.717) is 76.6 Å². The van der Waals surface area contributed by atoms with Gasteiger partial charge < -0.3 is 42.5 Å². The Balaban J connectivity index is 0.000000185. The Bertz CT molecular complexity index is 6070. The number of carbonyl (C=O) groups excluding carboxylic acids is 8. The number of hydrogen-bond acceptors (Lipinski definition) is 16. The third-order valence-electron chi connectivity index (χ3n) is 16.5. The number of amides is 8. The van der Waals surface area contributed by atoms with Gasteiger partial charge in [-0.3, -0.25) is 38.4 Å². The summed E-state index contributed by atoms with van der Waals surface area (Å²) < 4.78 is 88.0. The molecule has 4 aromatic carbocycles. The van der Waals surface area contributed by atoms with Gasteiger partial charge in [-0.05, 0) is 252 Å². The zero-order chi connectivity index (χ0) is 89.8. The standard InChI is InChI=1S/C21H18ClF3IN5O2.C20H18Br2ClN5O2.C19H14ClF3IN5O2.C18H14Br2ClN5O2/c1-10(2)28-19(32)13-8-12(26)7-11(3)17(13)29-20(33)15-9-16(21(23,24)25)30-31(15)18-14(22)5-4-6-27-18;1-10(2)25-19(29)13-8-12(21)7-11(3)17(13)26-20(30)15-9-16(22)27-28(15)18-14(23)5-4-6-24-18;1-9-6-10(24)7-11(17(30)25-2)15(9)27-18(31)13-8-14(19(21,22)23)28-29(13)16-12(20)4-3-5-26-16;1-9-6-10(19)7-11(17(27)22-2)15(9)24-18(28)13-8-14(20)25-26(13)16-12(21)4-3-5-23-16/h4-10H,1-3H3,(H,28,32)(H,29,33);4-10H,1-3H3,(H,25,29)(H,26,30);3-8H,1-2H3,(H,25,30)(H,27,31);3-8H,1-2H3,(H,22,27)(H,24,28). The van der Waals surface area contributed by atoms with Crippen molar-refractivity contribution in [3.8, 4) is 23.3 Å². The number of hydrogen-bond donors (Lipinski definition) is 8. The number of nitrogens with one attached hydrogen (secondary N) is 8. The molecule has 636 valence electrons. The van der Waals surface area contributed by atoms with E-state index in [0.717, 1.165) is 36.6 Å². The van der Waals surface area contributed by atoms with Gasteiger partial charge in [0.25, 0.3) is 47.3 Å². The molecule has 8 N–H and O–H groups in total. The van der Waals surface area contributed by atoms with Gasteiger partial charge >= 0.3 is 12.4 Å². The highest BCUT2D eigenvalue weighted by Crippen LogP contribution is 2.37. The average molecular weight is 2240 g/mol. The fourth-order valence-electron chi connectivity index (χ4n) is 11.2. The molecule has 12 rings (SSSR count). The maximum Gasteiger partial charge on any atom is 0.435 e. The second-order valence-electron chi connectivity index (χ2n) is 26.2. The summed E-state index contributed by atoms with van der Waals surface area (Å²) in [7, 11) is 2.95. The molecule has 8 amide bonds. The largest absolute Gasteiger partial charge is 0.435 e. The molecule has 44 heteroatoms. The molecule has 8 heterocycles. The van der Waals surface area contributed by atoms with Crippen molar-refractivity contribution in [1.82, 2.24) is 80.3 Å². The number of rotatable bonds is 18. The van der Waals surface area contributed by atoms with Gasteiger partial charge in [0.1, 0.15) is 32.0 Å². The lowest BCUT2D eigenvalue weighted by Gasteiger charge is -2.16. The number of halogens is 16. The number of alkyl halides is 6. The maximum absolute atomic E-state index is 13.4. The third kappa shape index (κ3) is 24.0. The van der Waals surface area contributed by atoms with Crippen LogP contribution in [0.2, 0.25) is 20.1 Å². The normalized spacial score (nSPS) is 11.1. The molecule has 0 saturated heterocycles. The Morgan fingerprint density at radius 1 is 0.369 bits per heavy atom. The van der Waals surface area contributed by atoms with Crippen LogP contribution in [-0.2, 0) is 12.4 Å². The second kappa shape index (κ2) is 41.6. The quantitative estimate of drug-likeness (QED) is 0.0292. The maximum atomic E-state index is 13.4. The number of anilines is 4. The summed E-state index contributed by atoms with van der Waals surface area (Å²) in [5, 5.41) is 37.6. The van der Waals surface area contributed by atoms with Crippen LogP contribution in [0.4, 0.5) is 49.1 Å². The molecule has 0 fully saturated rings. The van der Waals surface area contributed by atoms with Crippen LogP contribution < -0.4 is 42.5 Å². The van der Waals surface area contributed by atoms with Crippen LogP contribution in [0.1, 0.15) is 145 Å². The highest BCUT2D eigenvalue weighted by Gasteiger charge is 2.39. The first-order chi connectivity index (χ1) is 57.4. The van der Waals surface area contributed by atoms with Crippen molar-refractivity contribution in [3.63, 3.8) is 0 Å². The Kier molecular flexibility index (Phi) is 32.7. The summed E-state index contributed by atoms with van der Waals surface area (Å²) in [6.07, 6.45) is -3.86. The molecule has 0 spiro atoms. The van der Waals surface area contributed by atoms with Crippen molar-refractivity contribution >= 4 is 225 Å². The molecule has 0 aliphatic rings. The number of carbonyl (C=O) groups is 8. The highest BCUT2D eigenvalue weighted by molar-refractivity contribution is 14.1. The van der Waals surface area contributed by atoms with E-state index in [-0.39, 0.29) is 79.5 Å². The molecule has 12 aromatic rings. The molecule has 0 radical (unpaired) electrons. The Labute approximate surface area is 771 Å². The predicted molar refractivity (Wildman–Crippen MR) is 480 cm³/mol. The molecule has 0 aliphatic carbocycles. The fraction of sp³-hybridized carbons (Fsp3) is 0.179. The third-order valence-corrected chi connectivity index (χ3v) is 20.6. The van der Waals surface area contributed by atoms with Gasteiger partial charge in [0.2, 0.25) is 0 Å². The molecule has 28 nitrogen and oxygen atoms in total. The first-order valence-electron chi connectivity index (χ1n) is 35.2. The molecular weight excluding hydrogens is 2170 g/mol. The Hall–Kier alpha value is -9.80. The zero-order valence-electron chi connectivity index (χ0n) is 64.7. The molecule has 0 atom stereocenters. The van der Waals surface area contributed by atoms with Crippen molar-refractivity contribution in [2.45, 2.75) is 79.8 Å². The first kappa shape index (κ1) is 96.0. The van der Waals surface area contributed by atoms with Crippen LogP contribution in [0.3, 0.4) is 0 Å². The summed E-state index contributed by atoms with van der Waals surface area (Å²) in [6, 6.07) is 30.1. The van der Waals surface area contributed by atoms with E-state index in [9.17, 15) is 64.7 Å². The Morgan fingerprint density at radius 3 is 0.893 bits per heavy atom. The molecule has 122 heavy (non-hydrogen) atoms. The van der Waals surface area contributed by atoms with Gasteiger partial charge in [-0.2, -0.15) is 46.7 Å². The fourth-order valence-corrected chi connectivity index (χ4v) is 15.4. The summed E-state index contributed by atoms with van der Waals surface area (Å²) >= 11 is 42.0. The molecule has 0 saturated carbocycles. The van der Waals surface area contributed by atoms with Crippen LogP contribution in [0.5, 0.6) is 0 Å². The van der Waals surface area contributed by atoms with Gasteiger partial charge in [0, 0.05) is 91.3 Å². The summed E-state index contributed by atoms with van der Waals surface area (Å²) in [6.45, 7) is 14.3. The van der Waals surface area contributed by atoms with Crippen molar-refractivity contribution in [2.75, 3.05) is 35.4 Å². The average Bonchev–Trinajstić information content (AvgIpc) is 1.84. The van der Waals surface area contributed by atoms with Gasteiger partial charge in [-0.1, -0.05) is 78.3 Å². The summed E-state index contributed by atoms with van der Waals surface area (Å²) in [4.78, 5) is 119. The van der Waals surface area contributed by atoms with E-state index < -0.39 is 70.6 Å². The number of aromatic nitrogens is 12. The van der Waals surface area contributed by atoms with Crippen molar-refractivity contribution in [3.05, 3.63) is 270 Å². The van der Waals surface area contributed by atoms with E-state index in [1.54, 1.807) is 120 Å². The van der Waals surface area contributed by atoms with E-state index in [1.807, 2.05) is 78.1 Å². The topological polar surface area (TPSA) is 356 Å². The molecule has 0 bridgehead atoms. The molecule has 0 aliphatic heterocycles.